The molecule has 0 unspecified atom stereocenters. The van der Waals surface area contributed by atoms with Crippen LogP contribution in [0.1, 0.15) is 45.4 Å². The molecule has 1 heterocycles. The van der Waals surface area contributed by atoms with Crippen LogP contribution in [0.2, 0.25) is 0 Å². The predicted molar refractivity (Wildman–Crippen MR) is 94.1 cm³/mol. The maximum absolute atomic E-state index is 12.0. The molecule has 6 nitrogen and oxygen atoms in total. The molecule has 0 radical (unpaired) electrons. The van der Waals surface area contributed by atoms with Crippen LogP contribution in [0.5, 0.6) is 0 Å². The first-order valence-corrected chi connectivity index (χ1v) is 7.57. The first-order chi connectivity index (χ1) is 11.1. The molecule has 2 amide bonds. The number of rotatable bonds is 7. The fraction of sp³-hybridized carbons (Fsp3) is 0.294. The van der Waals surface area contributed by atoms with Gasteiger partial charge in [-0.05, 0) is 30.2 Å². The molecule has 2 rings (SSSR count). The summed E-state index contributed by atoms with van der Waals surface area (Å²) in [5.74, 6) is 0.210. The van der Waals surface area contributed by atoms with Crippen LogP contribution < -0.4 is 16.4 Å². The second-order valence-corrected chi connectivity index (χ2v) is 5.14. The Morgan fingerprint density at radius 3 is 2.54 bits per heavy atom. The third kappa shape index (κ3) is 5.40. The Morgan fingerprint density at radius 1 is 1.12 bits per heavy atom. The molecule has 0 aliphatic carbocycles. The Hall–Kier alpha value is -2.31. The molecular weight excluding hydrogens is 330 g/mol. The molecule has 0 aliphatic rings. The number of hydrogen-bond acceptors (Lipinski definition) is 4. The summed E-state index contributed by atoms with van der Waals surface area (Å²) in [5, 5.41) is 5.62. The topological polar surface area (TPSA) is 97.4 Å². The zero-order valence-corrected chi connectivity index (χ0v) is 14.3. The van der Waals surface area contributed by atoms with E-state index >= 15 is 0 Å². The molecule has 0 aliphatic heterocycles. The van der Waals surface area contributed by atoms with Crippen LogP contribution in [0, 0.1) is 0 Å². The lowest BCUT2D eigenvalue weighted by molar-refractivity contribution is 0.0946. The van der Waals surface area contributed by atoms with E-state index in [1.54, 1.807) is 24.3 Å². The summed E-state index contributed by atoms with van der Waals surface area (Å²) in [4.78, 5) is 23.9. The smallest absolute Gasteiger partial charge is 0.254 e. The van der Waals surface area contributed by atoms with E-state index in [1.165, 1.54) is 6.26 Å². The van der Waals surface area contributed by atoms with Gasteiger partial charge in [-0.15, -0.1) is 12.4 Å². The van der Waals surface area contributed by atoms with Crippen molar-refractivity contribution in [3.63, 3.8) is 0 Å². The zero-order chi connectivity index (χ0) is 16.7. The summed E-state index contributed by atoms with van der Waals surface area (Å²) in [7, 11) is 0. The van der Waals surface area contributed by atoms with Crippen molar-refractivity contribution in [1.82, 2.24) is 10.6 Å². The monoisotopic (exact) mass is 351 g/mol. The second-order valence-electron chi connectivity index (χ2n) is 5.14. The number of carbonyl (C=O) groups excluding carboxylic acids is 2. The largest absolute Gasteiger partial charge is 0.467 e. The molecule has 1 aromatic heterocycles. The zero-order valence-electron chi connectivity index (χ0n) is 13.5. The second kappa shape index (κ2) is 9.75. The average Bonchev–Trinajstić information content (AvgIpc) is 3.07. The predicted octanol–water partition coefficient (Wildman–Crippen LogP) is 2.23. The summed E-state index contributed by atoms with van der Waals surface area (Å²) in [6.07, 6.45) is 2.27. The van der Waals surface area contributed by atoms with Crippen molar-refractivity contribution in [2.75, 3.05) is 6.54 Å². The van der Waals surface area contributed by atoms with Gasteiger partial charge in [-0.2, -0.15) is 0 Å². The van der Waals surface area contributed by atoms with Crippen molar-refractivity contribution < 1.29 is 14.0 Å². The Kier molecular flexibility index (Phi) is 8.01. The maximum atomic E-state index is 12.0. The number of benzene rings is 1. The molecule has 7 heteroatoms. The molecule has 0 saturated heterocycles. The number of halogens is 1. The van der Waals surface area contributed by atoms with Gasteiger partial charge in [0.25, 0.3) is 11.8 Å². The molecule has 4 N–H and O–H groups in total. The number of hydrogen-bond donors (Lipinski definition) is 3. The number of amides is 2. The highest BCUT2D eigenvalue weighted by molar-refractivity contribution is 5.95. The van der Waals surface area contributed by atoms with Crippen LogP contribution in [0.15, 0.2) is 41.0 Å². The van der Waals surface area contributed by atoms with E-state index in [4.69, 9.17) is 10.2 Å². The Labute approximate surface area is 147 Å². The van der Waals surface area contributed by atoms with Crippen LogP contribution >= 0.6 is 12.4 Å². The first-order valence-electron chi connectivity index (χ1n) is 7.57. The lowest BCUT2D eigenvalue weighted by Crippen LogP contribution is -2.25. The van der Waals surface area contributed by atoms with Crippen LogP contribution in [0.25, 0.3) is 0 Å². The molecule has 130 valence electrons. The van der Waals surface area contributed by atoms with E-state index in [9.17, 15) is 9.59 Å². The van der Waals surface area contributed by atoms with Gasteiger partial charge in [-0.1, -0.05) is 19.1 Å². The van der Waals surface area contributed by atoms with Gasteiger partial charge < -0.3 is 20.8 Å². The highest BCUT2D eigenvalue weighted by atomic mass is 35.5. The average molecular weight is 352 g/mol. The third-order valence-electron chi connectivity index (χ3n) is 3.29. The van der Waals surface area contributed by atoms with Crippen molar-refractivity contribution in [3.05, 3.63) is 59.0 Å². The molecule has 0 saturated carbocycles. The number of furan rings is 1. The fourth-order valence-electron chi connectivity index (χ4n) is 2.05. The summed E-state index contributed by atoms with van der Waals surface area (Å²) in [6, 6.07) is 8.79. The van der Waals surface area contributed by atoms with Crippen molar-refractivity contribution in [2.24, 2.45) is 5.73 Å². The Bertz CT molecular complexity index is 685. The molecule has 0 atom stereocenters. The van der Waals surface area contributed by atoms with Gasteiger partial charge in [-0.25, -0.2) is 0 Å². The van der Waals surface area contributed by atoms with Gasteiger partial charge in [0.15, 0.2) is 0 Å². The Morgan fingerprint density at radius 2 is 1.88 bits per heavy atom. The summed E-state index contributed by atoms with van der Waals surface area (Å²) >= 11 is 0. The minimum absolute atomic E-state index is 0. The molecular formula is C17H22ClN3O3. The standard InChI is InChI=1S/C17H21N3O3.ClH/c1-2-6-19-16(21)13-5-3-4-12(7-13)10-20-17(22)14-8-15(9-18)23-11-14;/h3-5,7-8,11H,2,6,9-10,18H2,1H3,(H,19,21)(H,20,22);1H. The lowest BCUT2D eigenvalue weighted by Gasteiger charge is -2.07. The third-order valence-corrected chi connectivity index (χ3v) is 3.29. The highest BCUT2D eigenvalue weighted by Crippen LogP contribution is 2.09. The molecule has 24 heavy (non-hydrogen) atoms. The van der Waals surface area contributed by atoms with Crippen LogP contribution in [0.3, 0.4) is 0 Å². The van der Waals surface area contributed by atoms with Crippen LogP contribution in [-0.4, -0.2) is 18.4 Å². The number of carbonyl (C=O) groups is 2. The van der Waals surface area contributed by atoms with Crippen molar-refractivity contribution in [1.29, 1.82) is 0 Å². The Balaban J connectivity index is 0.00000288. The van der Waals surface area contributed by atoms with Gasteiger partial charge in [0.05, 0.1) is 12.1 Å². The quantitative estimate of drug-likeness (QED) is 0.712. The minimum Gasteiger partial charge on any atom is -0.467 e. The van der Waals surface area contributed by atoms with Crippen LogP contribution in [0.4, 0.5) is 0 Å². The molecule has 0 spiro atoms. The van der Waals surface area contributed by atoms with E-state index in [2.05, 4.69) is 10.6 Å². The first kappa shape index (κ1) is 19.7. The van der Waals surface area contributed by atoms with Gasteiger partial charge in [-0.3, -0.25) is 9.59 Å². The lowest BCUT2D eigenvalue weighted by atomic mass is 10.1. The normalized spacial score (nSPS) is 9.92. The summed E-state index contributed by atoms with van der Waals surface area (Å²) in [6.45, 7) is 3.22. The van der Waals surface area contributed by atoms with Gasteiger partial charge >= 0.3 is 0 Å². The van der Waals surface area contributed by atoms with Gasteiger partial charge in [0.1, 0.15) is 12.0 Å². The number of nitrogens with one attached hydrogen (secondary N) is 2. The molecule has 0 fully saturated rings. The molecule has 0 bridgehead atoms. The highest BCUT2D eigenvalue weighted by Gasteiger charge is 2.10. The van der Waals surface area contributed by atoms with Crippen molar-refractivity contribution in [3.8, 4) is 0 Å². The summed E-state index contributed by atoms with van der Waals surface area (Å²) < 4.78 is 5.14. The van der Waals surface area contributed by atoms with Crippen molar-refractivity contribution in [2.45, 2.75) is 26.4 Å². The molecule has 1 aromatic carbocycles. The van der Waals surface area contributed by atoms with E-state index < -0.39 is 0 Å². The summed E-state index contributed by atoms with van der Waals surface area (Å²) in [5.41, 5.74) is 7.31. The van der Waals surface area contributed by atoms with Crippen molar-refractivity contribution >= 4 is 24.2 Å². The van der Waals surface area contributed by atoms with E-state index in [-0.39, 0.29) is 30.8 Å². The van der Waals surface area contributed by atoms with E-state index in [0.29, 0.717) is 30.0 Å². The van der Waals surface area contributed by atoms with Gasteiger partial charge in [0.2, 0.25) is 0 Å². The number of nitrogens with two attached hydrogens (primary N) is 1. The van der Waals surface area contributed by atoms with E-state index in [1.807, 2.05) is 13.0 Å². The van der Waals surface area contributed by atoms with Crippen LogP contribution in [-0.2, 0) is 13.1 Å². The maximum Gasteiger partial charge on any atom is 0.254 e. The van der Waals surface area contributed by atoms with Gasteiger partial charge in [0, 0.05) is 18.7 Å². The molecule has 2 aromatic rings. The fourth-order valence-corrected chi connectivity index (χ4v) is 2.05. The SMILES string of the molecule is CCCNC(=O)c1cccc(CNC(=O)c2coc(CN)c2)c1.Cl. The van der Waals surface area contributed by atoms with E-state index in [0.717, 1.165) is 12.0 Å². The minimum atomic E-state index is -0.241.